The van der Waals surface area contributed by atoms with Crippen molar-refractivity contribution in [2.75, 3.05) is 20.6 Å². The van der Waals surface area contributed by atoms with E-state index in [-0.39, 0.29) is 0 Å². The largest absolute Gasteiger partial charge is 0.463 e. The van der Waals surface area contributed by atoms with Gasteiger partial charge in [-0.05, 0) is 32.1 Å². The van der Waals surface area contributed by atoms with Crippen molar-refractivity contribution in [3.63, 3.8) is 0 Å². The molecular weight excluding hydrogens is 200 g/mol. The second-order valence-electron chi connectivity index (χ2n) is 4.61. The van der Waals surface area contributed by atoms with E-state index in [2.05, 4.69) is 37.2 Å². The van der Waals surface area contributed by atoms with Crippen LogP contribution in [0.25, 0.3) is 0 Å². The van der Waals surface area contributed by atoms with Crippen LogP contribution in [-0.4, -0.2) is 25.5 Å². The zero-order chi connectivity index (χ0) is 12.0. The minimum atomic E-state index is 0.747. The highest BCUT2D eigenvalue weighted by Crippen LogP contribution is 2.11. The molecule has 3 heteroatoms. The van der Waals surface area contributed by atoms with Crippen LogP contribution in [-0.2, 0) is 13.1 Å². The van der Waals surface area contributed by atoms with Crippen LogP contribution in [0.3, 0.4) is 0 Å². The molecule has 0 amide bonds. The summed E-state index contributed by atoms with van der Waals surface area (Å²) in [5, 5.41) is 3.08. The molecule has 0 bridgehead atoms. The molecule has 0 aromatic carbocycles. The van der Waals surface area contributed by atoms with Crippen LogP contribution in [0.15, 0.2) is 16.5 Å². The highest BCUT2D eigenvalue weighted by molar-refractivity contribution is 5.06. The molecule has 1 aromatic rings. The number of hydrogen-bond acceptors (Lipinski definition) is 3. The molecule has 1 aromatic heterocycles. The van der Waals surface area contributed by atoms with Crippen LogP contribution in [0.4, 0.5) is 0 Å². The van der Waals surface area contributed by atoms with Crippen LogP contribution in [0.5, 0.6) is 0 Å². The Morgan fingerprint density at radius 1 is 1.38 bits per heavy atom. The zero-order valence-corrected chi connectivity index (χ0v) is 10.9. The fourth-order valence-corrected chi connectivity index (χ4v) is 1.77. The molecule has 3 nitrogen and oxygen atoms in total. The number of rotatable bonds is 7. The van der Waals surface area contributed by atoms with E-state index in [0.717, 1.165) is 37.1 Å². The lowest BCUT2D eigenvalue weighted by Gasteiger charge is -2.19. The summed E-state index contributed by atoms with van der Waals surface area (Å²) in [5.74, 6) is 2.81. The molecule has 0 fully saturated rings. The summed E-state index contributed by atoms with van der Waals surface area (Å²) in [7, 11) is 4.07. The predicted molar refractivity (Wildman–Crippen MR) is 67.3 cm³/mol. The van der Waals surface area contributed by atoms with Crippen LogP contribution < -0.4 is 5.32 Å². The van der Waals surface area contributed by atoms with E-state index in [1.54, 1.807) is 0 Å². The van der Waals surface area contributed by atoms with E-state index in [4.69, 9.17) is 4.42 Å². The molecule has 0 aliphatic carbocycles. The lowest BCUT2D eigenvalue weighted by atomic mass is 10.1. The Morgan fingerprint density at radius 2 is 2.06 bits per heavy atom. The quantitative estimate of drug-likeness (QED) is 0.771. The van der Waals surface area contributed by atoms with Crippen molar-refractivity contribution in [3.05, 3.63) is 23.7 Å². The monoisotopic (exact) mass is 224 g/mol. The number of hydrogen-bond donors (Lipinski definition) is 1. The summed E-state index contributed by atoms with van der Waals surface area (Å²) in [6.45, 7) is 7.34. The lowest BCUT2D eigenvalue weighted by molar-refractivity contribution is 0.251. The first kappa shape index (κ1) is 13.3. The van der Waals surface area contributed by atoms with Gasteiger partial charge in [0, 0.05) is 6.54 Å². The van der Waals surface area contributed by atoms with Crippen molar-refractivity contribution in [1.82, 2.24) is 10.2 Å². The Labute approximate surface area is 98.8 Å². The van der Waals surface area contributed by atoms with Gasteiger partial charge >= 0.3 is 0 Å². The Morgan fingerprint density at radius 3 is 2.69 bits per heavy atom. The lowest BCUT2D eigenvalue weighted by Crippen LogP contribution is -2.23. The molecular formula is C13H24N2O. The van der Waals surface area contributed by atoms with Crippen molar-refractivity contribution in [2.24, 2.45) is 5.92 Å². The molecule has 0 aliphatic rings. The Balaban J connectivity index is 2.40. The van der Waals surface area contributed by atoms with Crippen LogP contribution in [0.2, 0.25) is 0 Å². The van der Waals surface area contributed by atoms with Crippen molar-refractivity contribution < 1.29 is 4.42 Å². The summed E-state index contributed by atoms with van der Waals surface area (Å²) in [5.41, 5.74) is 0. The van der Waals surface area contributed by atoms with Crippen LogP contribution in [0, 0.1) is 5.92 Å². The number of nitrogens with zero attached hydrogens (tertiary/aromatic N) is 1. The normalized spacial score (nSPS) is 13.3. The number of nitrogens with one attached hydrogen (secondary N) is 1. The molecule has 0 saturated carbocycles. The minimum absolute atomic E-state index is 0.747. The molecule has 0 spiro atoms. The maximum Gasteiger partial charge on any atom is 0.118 e. The van der Waals surface area contributed by atoms with E-state index in [9.17, 15) is 0 Å². The molecule has 92 valence electrons. The van der Waals surface area contributed by atoms with Crippen molar-refractivity contribution in [2.45, 2.75) is 33.4 Å². The molecule has 1 unspecified atom stereocenters. The second kappa shape index (κ2) is 6.71. The van der Waals surface area contributed by atoms with Gasteiger partial charge in [-0.1, -0.05) is 20.3 Å². The molecule has 0 radical (unpaired) electrons. The Hall–Kier alpha value is -0.800. The Kier molecular flexibility index (Phi) is 5.56. The highest BCUT2D eigenvalue weighted by atomic mass is 16.3. The van der Waals surface area contributed by atoms with Gasteiger partial charge in [0.15, 0.2) is 0 Å². The van der Waals surface area contributed by atoms with Gasteiger partial charge in [0.1, 0.15) is 11.5 Å². The summed E-state index contributed by atoms with van der Waals surface area (Å²) in [6, 6.07) is 4.11. The summed E-state index contributed by atoms with van der Waals surface area (Å²) >= 11 is 0. The average Bonchev–Trinajstić information content (AvgIpc) is 2.65. The van der Waals surface area contributed by atoms with E-state index >= 15 is 0 Å². The van der Waals surface area contributed by atoms with Gasteiger partial charge in [0.05, 0.1) is 13.1 Å². The first-order valence-electron chi connectivity index (χ1n) is 6.06. The van der Waals surface area contributed by atoms with E-state index in [0.29, 0.717) is 0 Å². The molecule has 1 N–H and O–H groups in total. The summed E-state index contributed by atoms with van der Waals surface area (Å²) in [6.07, 6.45) is 1.23. The van der Waals surface area contributed by atoms with Crippen molar-refractivity contribution in [3.8, 4) is 0 Å². The minimum Gasteiger partial charge on any atom is -0.463 e. The first-order chi connectivity index (χ1) is 7.65. The van der Waals surface area contributed by atoms with Crippen LogP contribution in [0.1, 0.15) is 31.8 Å². The van der Waals surface area contributed by atoms with Gasteiger partial charge in [-0.25, -0.2) is 0 Å². The van der Waals surface area contributed by atoms with Gasteiger partial charge in [-0.2, -0.15) is 0 Å². The van der Waals surface area contributed by atoms with E-state index < -0.39 is 0 Å². The third-order valence-electron chi connectivity index (χ3n) is 2.81. The van der Waals surface area contributed by atoms with Crippen molar-refractivity contribution in [1.29, 1.82) is 0 Å². The van der Waals surface area contributed by atoms with Crippen LogP contribution >= 0.6 is 0 Å². The van der Waals surface area contributed by atoms with Gasteiger partial charge in [-0.15, -0.1) is 0 Å². The number of furan rings is 1. The molecule has 0 aliphatic heterocycles. The Bertz CT molecular complexity index is 296. The van der Waals surface area contributed by atoms with E-state index in [1.807, 2.05) is 13.1 Å². The molecule has 0 saturated heterocycles. The molecule has 1 rings (SSSR count). The van der Waals surface area contributed by atoms with Gasteiger partial charge in [0.25, 0.3) is 0 Å². The van der Waals surface area contributed by atoms with Gasteiger partial charge < -0.3 is 9.73 Å². The van der Waals surface area contributed by atoms with E-state index in [1.165, 1.54) is 6.42 Å². The topological polar surface area (TPSA) is 28.4 Å². The van der Waals surface area contributed by atoms with Crippen molar-refractivity contribution >= 4 is 0 Å². The summed E-state index contributed by atoms with van der Waals surface area (Å²) < 4.78 is 5.71. The third-order valence-corrected chi connectivity index (χ3v) is 2.81. The second-order valence-corrected chi connectivity index (χ2v) is 4.61. The maximum absolute atomic E-state index is 5.71. The van der Waals surface area contributed by atoms with Gasteiger partial charge in [-0.3, -0.25) is 4.90 Å². The van der Waals surface area contributed by atoms with Gasteiger partial charge in [0.2, 0.25) is 0 Å². The SMILES string of the molecule is CCC(C)CN(C)Cc1ccc(CNC)o1. The standard InChI is InChI=1S/C13H24N2O/c1-5-11(2)9-15(4)10-13-7-6-12(16-13)8-14-3/h6-7,11,14H,5,8-10H2,1-4H3. The molecule has 1 heterocycles. The zero-order valence-electron chi connectivity index (χ0n) is 10.9. The molecule has 16 heavy (non-hydrogen) atoms. The highest BCUT2D eigenvalue weighted by Gasteiger charge is 2.07. The summed E-state index contributed by atoms with van der Waals surface area (Å²) in [4.78, 5) is 2.32. The third kappa shape index (κ3) is 4.37. The first-order valence-corrected chi connectivity index (χ1v) is 6.06. The predicted octanol–water partition coefficient (Wildman–Crippen LogP) is 2.48. The fraction of sp³-hybridized carbons (Fsp3) is 0.692. The smallest absolute Gasteiger partial charge is 0.118 e. The maximum atomic E-state index is 5.71. The molecule has 1 atom stereocenters. The average molecular weight is 224 g/mol. The fourth-order valence-electron chi connectivity index (χ4n) is 1.77.